The van der Waals surface area contributed by atoms with Gasteiger partial charge in [-0.1, -0.05) is 70.7 Å². The molecule has 7 aromatic rings. The van der Waals surface area contributed by atoms with E-state index < -0.39 is 44.1 Å². The van der Waals surface area contributed by atoms with Gasteiger partial charge < -0.3 is 14.4 Å². The van der Waals surface area contributed by atoms with E-state index in [-0.39, 0.29) is 42.6 Å². The van der Waals surface area contributed by atoms with E-state index in [1.165, 1.54) is 18.3 Å². The molecule has 3 aromatic carbocycles. The number of hydrogen-bond donors (Lipinski definition) is 0. The smallest absolute Gasteiger partial charge is 0.124 e. The zero-order valence-corrected chi connectivity index (χ0v) is 29.4. The SMILES string of the molecule is [2H]C([2H])([2H])c1cc2oc3c[c-]c(-c4cc(C([2H])([2H])[2H])c(C([2H])([2H])[2H])cn4)c4ccc(n1)c2c34.[2H]C([2H])(c1cnc(-c2[c-]cccc2)cc1C([2H])([2H])C(C)(C)C)C(C)(C)C.[Ir]. The van der Waals surface area contributed by atoms with E-state index in [1.54, 1.807) is 30.3 Å². The van der Waals surface area contributed by atoms with Crippen LogP contribution >= 0.6 is 0 Å². The molecule has 1 radical (unpaired) electrons. The Morgan fingerprint density at radius 1 is 0.766 bits per heavy atom. The molecule has 0 aliphatic rings. The van der Waals surface area contributed by atoms with E-state index in [9.17, 15) is 0 Å². The molecule has 0 aliphatic heterocycles. The third-order valence-corrected chi connectivity index (χ3v) is 7.09. The number of furan rings is 1. The summed E-state index contributed by atoms with van der Waals surface area (Å²) in [7, 11) is 0. The molecule has 0 N–H and O–H groups in total. The average molecular weight is 811 g/mol. The van der Waals surface area contributed by atoms with Crippen molar-refractivity contribution in [2.45, 2.75) is 74.8 Å². The van der Waals surface area contributed by atoms with Crippen LogP contribution in [-0.2, 0) is 32.9 Å². The minimum Gasteiger partial charge on any atom is -0.500 e. The van der Waals surface area contributed by atoms with Crippen LogP contribution in [0.25, 0.3) is 55.4 Å². The van der Waals surface area contributed by atoms with Crippen LogP contribution in [0, 0.1) is 43.5 Å². The van der Waals surface area contributed by atoms with Gasteiger partial charge in [0, 0.05) is 67.5 Å². The molecule has 7 rings (SSSR count). The second-order valence-corrected chi connectivity index (χ2v) is 13.3. The summed E-state index contributed by atoms with van der Waals surface area (Å²) < 4.78 is 110. The monoisotopic (exact) mass is 811 g/mol. The van der Waals surface area contributed by atoms with Crippen molar-refractivity contribution in [3.05, 3.63) is 113 Å². The Morgan fingerprint density at radius 3 is 2.23 bits per heavy atom. The molecular weight excluding hydrogens is 755 g/mol. The van der Waals surface area contributed by atoms with Gasteiger partial charge in [-0.3, -0.25) is 4.98 Å². The van der Waals surface area contributed by atoms with Crippen LogP contribution in [0.3, 0.4) is 0 Å². The molecule has 4 nitrogen and oxygen atoms in total. The van der Waals surface area contributed by atoms with Crippen LogP contribution in [0.2, 0.25) is 0 Å². The van der Waals surface area contributed by atoms with Crippen LogP contribution in [-0.4, -0.2) is 15.0 Å². The van der Waals surface area contributed by atoms with Crippen LogP contribution in [0.15, 0.2) is 77.5 Å². The minimum absolute atomic E-state index is 0. The van der Waals surface area contributed by atoms with Crippen LogP contribution in [0.1, 0.15) is 87.3 Å². The van der Waals surface area contributed by atoms with Gasteiger partial charge in [-0.05, 0) is 83.7 Å². The first-order valence-electron chi connectivity index (χ1n) is 21.4. The van der Waals surface area contributed by atoms with Gasteiger partial charge in [0.25, 0.3) is 0 Å². The second kappa shape index (κ2) is 13.3. The fraction of sp³-hybridized carbons (Fsp3) is 0.310. The molecule has 47 heavy (non-hydrogen) atoms. The average Bonchev–Trinajstić information content (AvgIpc) is 3.51. The quantitative estimate of drug-likeness (QED) is 0.131. The Balaban J connectivity index is 0.000000231. The molecular formula is C42H43IrN3O-2. The molecule has 0 saturated heterocycles. The predicted octanol–water partition coefficient (Wildman–Crippen LogP) is 11.1. The Bertz CT molecular complexity index is 2650. The van der Waals surface area contributed by atoms with E-state index in [4.69, 9.17) is 22.2 Å². The summed E-state index contributed by atoms with van der Waals surface area (Å²) in [5.41, 5.74) is 1.94. The third-order valence-electron chi connectivity index (χ3n) is 7.09. The van der Waals surface area contributed by atoms with Crippen molar-refractivity contribution in [2.75, 3.05) is 0 Å². The molecule has 0 saturated carbocycles. The standard InChI is InChI=1S/C21H15N2O.C21H28N.Ir/c1-11-8-17(22-10-12(11)2)14-5-7-18-20-15(14)4-6-16-21(20)19(24-18)9-13(3)23-16;1-20(2,3)13-17-12-19(16-10-8-7-9-11-16)22-15-18(17)14-21(4,5)6;/h4,6-10H,1-3H3;7-10,12,15H,13-14H2,1-6H3;/q2*-1;/i1D3,2D3,3D3;13D2,14D2;. The summed E-state index contributed by atoms with van der Waals surface area (Å²) in [6.45, 7) is 3.29. The Labute approximate surface area is 311 Å². The number of aryl methyl sites for hydroxylation is 3. The van der Waals surface area contributed by atoms with E-state index >= 15 is 0 Å². The predicted molar refractivity (Wildman–Crippen MR) is 191 cm³/mol. The molecule has 0 aliphatic carbocycles. The molecule has 5 heteroatoms. The normalized spacial score (nSPS) is 17.4. The minimum atomic E-state index is -2.65. The maximum atomic E-state index is 8.77. The summed E-state index contributed by atoms with van der Waals surface area (Å²) in [6.07, 6.45) is -0.884. The maximum absolute atomic E-state index is 8.77. The third kappa shape index (κ3) is 7.64. The van der Waals surface area contributed by atoms with Gasteiger partial charge >= 0.3 is 0 Å². The first-order valence-corrected chi connectivity index (χ1v) is 14.9. The van der Waals surface area contributed by atoms with Crippen molar-refractivity contribution in [2.24, 2.45) is 10.8 Å². The first-order chi connectivity index (χ1) is 26.9. The first kappa shape index (κ1) is 21.1. The summed E-state index contributed by atoms with van der Waals surface area (Å²) >= 11 is 0. The fourth-order valence-electron chi connectivity index (χ4n) is 5.29. The van der Waals surface area contributed by atoms with Crippen LogP contribution < -0.4 is 0 Å². The van der Waals surface area contributed by atoms with Gasteiger partial charge in [-0.25, -0.2) is 0 Å². The largest absolute Gasteiger partial charge is 0.500 e. The summed E-state index contributed by atoms with van der Waals surface area (Å²) in [5.74, 6) is 0. The molecule has 4 heterocycles. The number of aromatic nitrogens is 3. The van der Waals surface area contributed by atoms with E-state index in [0.717, 1.165) is 11.8 Å². The second-order valence-electron chi connectivity index (χ2n) is 13.3. The number of nitrogens with zero attached hydrogens (tertiary/aromatic N) is 3. The van der Waals surface area contributed by atoms with Gasteiger partial charge in [0.15, 0.2) is 0 Å². The van der Waals surface area contributed by atoms with Gasteiger partial charge in [0.05, 0.1) is 11.1 Å². The molecule has 243 valence electrons. The summed E-state index contributed by atoms with van der Waals surface area (Å²) in [4.78, 5) is 13.0. The fourth-order valence-corrected chi connectivity index (χ4v) is 5.29. The van der Waals surface area contributed by atoms with E-state index in [0.29, 0.717) is 55.2 Å². The van der Waals surface area contributed by atoms with Crippen LogP contribution in [0.4, 0.5) is 0 Å². The Morgan fingerprint density at radius 2 is 1.53 bits per heavy atom. The zero-order chi connectivity index (χ0) is 43.9. The summed E-state index contributed by atoms with van der Waals surface area (Å²) in [6, 6.07) is 22.9. The molecule has 0 unspecified atom stereocenters. The van der Waals surface area contributed by atoms with Crippen molar-refractivity contribution in [1.29, 1.82) is 0 Å². The Hall–Kier alpha value is -3.92. The number of rotatable bonds is 4. The molecule has 0 bridgehead atoms. The maximum Gasteiger partial charge on any atom is 0.124 e. The van der Waals surface area contributed by atoms with Gasteiger partial charge in [-0.2, -0.15) is 0 Å². The van der Waals surface area contributed by atoms with E-state index in [1.807, 2.05) is 59.7 Å². The number of hydrogen-bond acceptors (Lipinski definition) is 4. The molecule has 4 aromatic heterocycles. The van der Waals surface area contributed by atoms with Crippen molar-refractivity contribution < 1.29 is 42.3 Å². The van der Waals surface area contributed by atoms with E-state index in [2.05, 4.69) is 27.1 Å². The van der Waals surface area contributed by atoms with Crippen molar-refractivity contribution >= 4 is 32.8 Å². The summed E-state index contributed by atoms with van der Waals surface area (Å²) in [5, 5.41) is 1.96. The Kier molecular flexibility index (Phi) is 5.98. The molecule has 0 spiro atoms. The number of benzene rings is 3. The molecule has 0 amide bonds. The van der Waals surface area contributed by atoms with Crippen molar-refractivity contribution in [3.8, 4) is 22.5 Å². The van der Waals surface area contributed by atoms with Crippen molar-refractivity contribution in [1.82, 2.24) is 15.0 Å². The van der Waals surface area contributed by atoms with Gasteiger partial charge in [0.2, 0.25) is 0 Å². The number of pyridine rings is 3. The van der Waals surface area contributed by atoms with Crippen molar-refractivity contribution in [3.63, 3.8) is 0 Å². The van der Waals surface area contributed by atoms with Gasteiger partial charge in [0.1, 0.15) is 5.58 Å². The molecule has 0 atom stereocenters. The van der Waals surface area contributed by atoms with Crippen LogP contribution in [0.5, 0.6) is 0 Å². The zero-order valence-electron chi connectivity index (χ0n) is 40.0. The van der Waals surface area contributed by atoms with Gasteiger partial charge in [-0.15, -0.1) is 53.6 Å². The topological polar surface area (TPSA) is 51.8 Å². The molecule has 0 fully saturated rings.